The van der Waals surface area contributed by atoms with Gasteiger partial charge in [0.25, 0.3) is 0 Å². The lowest BCUT2D eigenvalue weighted by molar-refractivity contribution is 0.602. The average molecular weight is 272 g/mol. The summed E-state index contributed by atoms with van der Waals surface area (Å²) < 4.78 is 24.1. The van der Waals surface area contributed by atoms with Crippen molar-refractivity contribution in [2.24, 2.45) is 0 Å². The number of sulfone groups is 1. The van der Waals surface area contributed by atoms with Crippen LogP contribution in [-0.2, 0) is 15.7 Å². The van der Waals surface area contributed by atoms with Crippen molar-refractivity contribution in [1.29, 1.82) is 0 Å². The van der Waals surface area contributed by atoms with Crippen LogP contribution >= 0.6 is 11.6 Å². The van der Waals surface area contributed by atoms with Gasteiger partial charge in [-0.1, -0.05) is 0 Å². The van der Waals surface area contributed by atoms with Gasteiger partial charge in [0.05, 0.1) is 18.1 Å². The third-order valence-corrected chi connectivity index (χ3v) is 3.62. The van der Waals surface area contributed by atoms with Gasteiger partial charge in [0.2, 0.25) is 0 Å². The minimum absolute atomic E-state index is 0.168. The minimum Gasteiger partial charge on any atom is -0.262 e. The Hall–Kier alpha value is -1.40. The van der Waals surface area contributed by atoms with Crippen molar-refractivity contribution in [3.05, 3.63) is 36.4 Å². The molecule has 7 heteroatoms. The highest BCUT2D eigenvalue weighted by atomic mass is 35.5. The predicted octanol–water partition coefficient (Wildman–Crippen LogP) is 1.41. The Labute approximate surface area is 104 Å². The van der Waals surface area contributed by atoms with E-state index < -0.39 is 9.84 Å². The third kappa shape index (κ3) is 2.48. The molecular formula is C10H10ClN3O2S. The lowest BCUT2D eigenvalue weighted by Gasteiger charge is -2.05. The van der Waals surface area contributed by atoms with Crippen LogP contribution in [-0.4, -0.2) is 29.4 Å². The highest BCUT2D eigenvalue weighted by Crippen LogP contribution is 2.16. The van der Waals surface area contributed by atoms with Crippen molar-refractivity contribution < 1.29 is 8.42 Å². The van der Waals surface area contributed by atoms with Crippen LogP contribution in [0.5, 0.6) is 0 Å². The molecular weight excluding hydrogens is 262 g/mol. The number of nitrogens with zero attached hydrogens (tertiary/aromatic N) is 3. The Balaban J connectivity index is 2.51. The molecule has 0 aromatic carbocycles. The van der Waals surface area contributed by atoms with Gasteiger partial charge < -0.3 is 0 Å². The molecule has 0 aliphatic rings. The van der Waals surface area contributed by atoms with Crippen LogP contribution in [0.3, 0.4) is 0 Å². The van der Waals surface area contributed by atoms with Crippen LogP contribution in [0.25, 0.3) is 5.69 Å². The number of hydrogen-bond acceptors (Lipinski definition) is 4. The lowest BCUT2D eigenvalue weighted by atomic mass is 10.2. The second kappa shape index (κ2) is 4.46. The zero-order valence-electron chi connectivity index (χ0n) is 9.04. The van der Waals surface area contributed by atoms with Crippen LogP contribution in [0.15, 0.2) is 35.7 Å². The quantitative estimate of drug-likeness (QED) is 0.792. The molecule has 17 heavy (non-hydrogen) atoms. The van der Waals surface area contributed by atoms with Gasteiger partial charge >= 0.3 is 0 Å². The molecule has 0 bridgehead atoms. The van der Waals surface area contributed by atoms with E-state index in [4.69, 9.17) is 11.6 Å². The fraction of sp³-hybridized carbons (Fsp3) is 0.200. The molecule has 5 nitrogen and oxygen atoms in total. The van der Waals surface area contributed by atoms with E-state index in [1.165, 1.54) is 17.1 Å². The maximum atomic E-state index is 11.3. The second-order valence-electron chi connectivity index (χ2n) is 3.53. The molecule has 0 unspecified atom stereocenters. The van der Waals surface area contributed by atoms with E-state index in [9.17, 15) is 8.42 Å². The normalized spacial score (nSPS) is 11.6. The summed E-state index contributed by atoms with van der Waals surface area (Å²) in [5.74, 6) is 0.311. The summed E-state index contributed by atoms with van der Waals surface area (Å²) >= 11 is 5.79. The maximum absolute atomic E-state index is 11.3. The predicted molar refractivity (Wildman–Crippen MR) is 64.0 cm³/mol. The summed E-state index contributed by atoms with van der Waals surface area (Å²) in [4.78, 5) is 4.14. The Morgan fingerprint density at radius 1 is 1.41 bits per heavy atom. The monoisotopic (exact) mass is 271 g/mol. The van der Waals surface area contributed by atoms with Crippen LogP contribution in [0.4, 0.5) is 0 Å². The van der Waals surface area contributed by atoms with Crippen LogP contribution in [0.2, 0.25) is 0 Å². The molecule has 0 spiro atoms. The first-order valence-corrected chi connectivity index (χ1v) is 7.19. The van der Waals surface area contributed by atoms with E-state index in [1.54, 1.807) is 18.5 Å². The fourth-order valence-electron chi connectivity index (χ4n) is 1.36. The summed E-state index contributed by atoms with van der Waals surface area (Å²) in [5, 5.41) is 4.00. The fourth-order valence-corrected chi connectivity index (χ4v) is 2.12. The van der Waals surface area contributed by atoms with Crippen molar-refractivity contribution in [1.82, 2.24) is 14.8 Å². The molecule has 90 valence electrons. The molecule has 2 heterocycles. The zero-order valence-corrected chi connectivity index (χ0v) is 10.6. The number of aromatic nitrogens is 3. The Morgan fingerprint density at radius 3 is 2.76 bits per heavy atom. The Kier molecular flexibility index (Phi) is 3.17. The molecule has 0 saturated carbocycles. The van der Waals surface area contributed by atoms with Crippen molar-refractivity contribution >= 4 is 21.4 Å². The van der Waals surface area contributed by atoms with Gasteiger partial charge in [-0.2, -0.15) is 5.10 Å². The number of alkyl halides is 1. The molecule has 0 radical (unpaired) electrons. The minimum atomic E-state index is -3.25. The van der Waals surface area contributed by atoms with Crippen LogP contribution < -0.4 is 0 Å². The average Bonchev–Trinajstić information content (AvgIpc) is 2.77. The van der Waals surface area contributed by atoms with Gasteiger partial charge in [-0.25, -0.2) is 13.1 Å². The summed E-state index contributed by atoms with van der Waals surface area (Å²) in [7, 11) is -3.25. The van der Waals surface area contributed by atoms with E-state index in [0.717, 1.165) is 11.8 Å². The summed E-state index contributed by atoms with van der Waals surface area (Å²) in [5.41, 5.74) is 1.52. The molecule has 0 N–H and O–H groups in total. The molecule has 0 saturated heterocycles. The highest BCUT2D eigenvalue weighted by Gasteiger charge is 2.12. The van der Waals surface area contributed by atoms with Gasteiger partial charge in [0.1, 0.15) is 4.90 Å². The molecule has 0 aliphatic carbocycles. The lowest BCUT2D eigenvalue weighted by Crippen LogP contribution is -2.00. The summed E-state index contributed by atoms with van der Waals surface area (Å²) in [6.07, 6.45) is 7.11. The van der Waals surface area contributed by atoms with Crippen molar-refractivity contribution in [3.8, 4) is 5.69 Å². The smallest absolute Gasteiger partial charge is 0.178 e. The summed E-state index contributed by atoms with van der Waals surface area (Å²) in [6, 6.07) is 1.77. The van der Waals surface area contributed by atoms with Gasteiger partial charge in [0, 0.05) is 24.5 Å². The van der Waals surface area contributed by atoms with Crippen LogP contribution in [0, 0.1) is 0 Å². The van der Waals surface area contributed by atoms with Gasteiger partial charge in [0.15, 0.2) is 9.84 Å². The molecule has 2 aromatic heterocycles. The van der Waals surface area contributed by atoms with E-state index in [-0.39, 0.29) is 4.90 Å². The largest absolute Gasteiger partial charge is 0.262 e. The standard InChI is InChI=1S/C10H10ClN3O2S/c1-17(15,16)9-5-13-14(7-9)10-6-12-3-2-8(10)4-11/h2-3,5-7H,4H2,1H3. The van der Waals surface area contributed by atoms with E-state index in [2.05, 4.69) is 10.1 Å². The van der Waals surface area contributed by atoms with Crippen LogP contribution in [0.1, 0.15) is 5.56 Å². The molecule has 2 rings (SSSR count). The summed E-state index contributed by atoms with van der Waals surface area (Å²) in [6.45, 7) is 0. The first-order valence-electron chi connectivity index (χ1n) is 4.76. The molecule has 0 aliphatic heterocycles. The van der Waals surface area contributed by atoms with Crippen molar-refractivity contribution in [2.75, 3.05) is 6.26 Å². The SMILES string of the molecule is CS(=O)(=O)c1cnn(-c2cnccc2CCl)c1. The molecule has 0 amide bonds. The first kappa shape index (κ1) is 12.1. The maximum Gasteiger partial charge on any atom is 0.178 e. The highest BCUT2D eigenvalue weighted by molar-refractivity contribution is 7.90. The number of rotatable bonds is 3. The van der Waals surface area contributed by atoms with Crippen molar-refractivity contribution in [2.45, 2.75) is 10.8 Å². The van der Waals surface area contributed by atoms with E-state index in [0.29, 0.717) is 11.6 Å². The third-order valence-electron chi connectivity index (χ3n) is 2.27. The topological polar surface area (TPSA) is 64.8 Å². The Bertz CT molecular complexity index is 637. The molecule has 0 atom stereocenters. The van der Waals surface area contributed by atoms with Gasteiger partial charge in [-0.3, -0.25) is 4.98 Å². The molecule has 0 fully saturated rings. The van der Waals surface area contributed by atoms with Crippen molar-refractivity contribution in [3.63, 3.8) is 0 Å². The van der Waals surface area contributed by atoms with Gasteiger partial charge in [-0.15, -0.1) is 11.6 Å². The number of hydrogen-bond donors (Lipinski definition) is 0. The second-order valence-corrected chi connectivity index (χ2v) is 5.81. The van der Waals surface area contributed by atoms with Gasteiger partial charge in [-0.05, 0) is 11.6 Å². The first-order chi connectivity index (χ1) is 8.02. The van der Waals surface area contributed by atoms with E-state index >= 15 is 0 Å². The zero-order chi connectivity index (χ0) is 12.5. The number of halogens is 1. The number of pyridine rings is 1. The molecule has 2 aromatic rings. The van der Waals surface area contributed by atoms with E-state index in [1.807, 2.05) is 0 Å². The Morgan fingerprint density at radius 2 is 2.18 bits per heavy atom.